The summed E-state index contributed by atoms with van der Waals surface area (Å²) in [4.78, 5) is 10.5. The Balaban J connectivity index is 1.09. The Morgan fingerprint density at radius 1 is 0.327 bits per heavy atom. The zero-order valence-electron chi connectivity index (χ0n) is 30.9. The van der Waals surface area contributed by atoms with Crippen LogP contribution in [0.1, 0.15) is 25.0 Å². The van der Waals surface area contributed by atoms with Gasteiger partial charge in [-0.2, -0.15) is 0 Å². The fourth-order valence-electron chi connectivity index (χ4n) is 8.42. The molecule has 8 aromatic carbocycles. The number of aromatic nitrogens is 2. The minimum atomic E-state index is -0.141. The molecule has 0 radical (unpaired) electrons. The monoisotopic (exact) mass is 702 g/mol. The van der Waals surface area contributed by atoms with Crippen LogP contribution < -0.4 is 0 Å². The van der Waals surface area contributed by atoms with Gasteiger partial charge >= 0.3 is 0 Å². The van der Waals surface area contributed by atoms with Crippen molar-refractivity contribution in [3.05, 3.63) is 205 Å². The summed E-state index contributed by atoms with van der Waals surface area (Å²) in [6, 6.07) is 69.6. The van der Waals surface area contributed by atoms with Crippen molar-refractivity contribution in [3.8, 4) is 78.4 Å². The van der Waals surface area contributed by atoms with Gasteiger partial charge in [0.25, 0.3) is 0 Å². The maximum atomic E-state index is 5.29. The minimum Gasteiger partial charge on any atom is -0.228 e. The molecule has 1 aliphatic carbocycles. The van der Waals surface area contributed by atoms with Crippen molar-refractivity contribution in [1.29, 1.82) is 0 Å². The van der Waals surface area contributed by atoms with E-state index >= 15 is 0 Å². The summed E-state index contributed by atoms with van der Waals surface area (Å²) in [6.45, 7) is 4.69. The molecule has 9 aromatic rings. The molecular weight excluding hydrogens is 665 g/mol. The van der Waals surface area contributed by atoms with Crippen LogP contribution >= 0.6 is 0 Å². The molecule has 0 unspecified atom stereocenters. The van der Waals surface area contributed by atoms with Crippen LogP contribution in [0.4, 0.5) is 0 Å². The van der Waals surface area contributed by atoms with E-state index in [-0.39, 0.29) is 5.41 Å². The van der Waals surface area contributed by atoms with Gasteiger partial charge in [0.1, 0.15) is 0 Å². The van der Waals surface area contributed by atoms with E-state index in [9.17, 15) is 0 Å². The van der Waals surface area contributed by atoms with Crippen molar-refractivity contribution in [2.24, 2.45) is 0 Å². The van der Waals surface area contributed by atoms with Crippen LogP contribution in [0.2, 0.25) is 0 Å². The van der Waals surface area contributed by atoms with Crippen molar-refractivity contribution in [3.63, 3.8) is 0 Å². The van der Waals surface area contributed by atoms with Gasteiger partial charge in [-0.1, -0.05) is 184 Å². The van der Waals surface area contributed by atoms with Crippen LogP contribution in [0.25, 0.3) is 89.2 Å². The summed E-state index contributed by atoms with van der Waals surface area (Å²) in [6.07, 6.45) is 0. The van der Waals surface area contributed by atoms with Gasteiger partial charge in [0, 0.05) is 22.1 Å². The lowest BCUT2D eigenvalue weighted by molar-refractivity contribution is 0.661. The zero-order valence-corrected chi connectivity index (χ0v) is 30.9. The second-order valence-corrected chi connectivity index (χ2v) is 15.0. The van der Waals surface area contributed by atoms with Gasteiger partial charge in [-0.15, -0.1) is 0 Å². The highest BCUT2D eigenvalue weighted by Gasteiger charge is 2.37. The van der Waals surface area contributed by atoms with Crippen LogP contribution in [0.5, 0.6) is 0 Å². The molecule has 0 amide bonds. The van der Waals surface area contributed by atoms with Gasteiger partial charge in [-0.25, -0.2) is 9.97 Å². The first-order valence-electron chi connectivity index (χ1n) is 19.0. The molecular formula is C53H38N2. The highest BCUT2D eigenvalue weighted by atomic mass is 14.9. The number of hydrogen-bond acceptors (Lipinski definition) is 2. The third-order valence-corrected chi connectivity index (χ3v) is 11.3. The zero-order chi connectivity index (χ0) is 36.9. The molecule has 0 saturated heterocycles. The van der Waals surface area contributed by atoms with E-state index in [0.29, 0.717) is 0 Å². The SMILES string of the molecule is CC1(C)c2cc3ccccc3cc2-c2c(-c3cc(-c4ccc(-c5ccc(-c6ccccc6)c(-c6ccccc6)c5)cc4)nc(-c4ccccc4)n3)cccc21. The van der Waals surface area contributed by atoms with Crippen molar-refractivity contribution >= 4 is 10.8 Å². The fraction of sp³-hybridized carbons (Fsp3) is 0.0566. The van der Waals surface area contributed by atoms with Gasteiger partial charge in [-0.05, 0) is 90.7 Å². The van der Waals surface area contributed by atoms with E-state index in [4.69, 9.17) is 9.97 Å². The van der Waals surface area contributed by atoms with E-state index in [0.717, 1.165) is 39.5 Å². The number of hydrogen-bond donors (Lipinski definition) is 0. The normalized spacial score (nSPS) is 12.7. The quantitative estimate of drug-likeness (QED) is 0.172. The molecule has 0 spiro atoms. The average molecular weight is 703 g/mol. The average Bonchev–Trinajstić information content (AvgIpc) is 3.48. The van der Waals surface area contributed by atoms with Crippen molar-refractivity contribution < 1.29 is 0 Å². The van der Waals surface area contributed by atoms with Crippen LogP contribution in [-0.4, -0.2) is 9.97 Å². The van der Waals surface area contributed by atoms with Gasteiger partial charge in [0.15, 0.2) is 5.82 Å². The molecule has 1 aromatic heterocycles. The van der Waals surface area contributed by atoms with E-state index in [1.807, 2.05) is 6.07 Å². The first kappa shape index (κ1) is 32.7. The molecule has 10 rings (SSSR count). The van der Waals surface area contributed by atoms with Gasteiger partial charge in [-0.3, -0.25) is 0 Å². The van der Waals surface area contributed by atoms with Crippen LogP contribution in [0.15, 0.2) is 194 Å². The Morgan fingerprint density at radius 2 is 0.891 bits per heavy atom. The molecule has 2 heteroatoms. The smallest absolute Gasteiger partial charge is 0.160 e. The summed E-state index contributed by atoms with van der Waals surface area (Å²) in [5.74, 6) is 0.717. The summed E-state index contributed by atoms with van der Waals surface area (Å²) < 4.78 is 0. The molecule has 0 N–H and O–H groups in total. The van der Waals surface area contributed by atoms with Crippen LogP contribution in [0.3, 0.4) is 0 Å². The van der Waals surface area contributed by atoms with E-state index in [2.05, 4.69) is 202 Å². The van der Waals surface area contributed by atoms with Crippen molar-refractivity contribution in [2.75, 3.05) is 0 Å². The molecule has 1 heterocycles. The summed E-state index contributed by atoms with van der Waals surface area (Å²) in [5.41, 5.74) is 17.3. The molecule has 1 aliphatic rings. The molecule has 0 aliphatic heterocycles. The molecule has 0 bridgehead atoms. The lowest BCUT2D eigenvalue weighted by Gasteiger charge is -2.22. The Kier molecular flexibility index (Phi) is 7.85. The standard InChI is InChI=1S/C53H38N2/c1-53(2)47-24-14-23-44(51(47)46-32-40-21-12-13-22-41(40)33-48(46)53)50-34-49(54-52(55-50)39-19-10-5-11-20-39)38-27-25-35(26-28-38)42-29-30-43(36-15-6-3-7-16-36)45(31-42)37-17-8-4-9-18-37/h3-34H,1-2H3. The van der Waals surface area contributed by atoms with Crippen LogP contribution in [0, 0.1) is 0 Å². The summed E-state index contributed by atoms with van der Waals surface area (Å²) >= 11 is 0. The maximum Gasteiger partial charge on any atom is 0.160 e. The number of rotatable bonds is 6. The summed E-state index contributed by atoms with van der Waals surface area (Å²) in [7, 11) is 0. The predicted molar refractivity (Wildman–Crippen MR) is 230 cm³/mol. The third kappa shape index (κ3) is 5.75. The lowest BCUT2D eigenvalue weighted by Crippen LogP contribution is -2.14. The molecule has 55 heavy (non-hydrogen) atoms. The highest BCUT2D eigenvalue weighted by Crippen LogP contribution is 2.53. The largest absolute Gasteiger partial charge is 0.228 e. The van der Waals surface area contributed by atoms with E-state index in [1.165, 1.54) is 60.8 Å². The number of benzene rings is 8. The Morgan fingerprint density at radius 3 is 1.58 bits per heavy atom. The first-order chi connectivity index (χ1) is 27.0. The van der Waals surface area contributed by atoms with Crippen molar-refractivity contribution in [2.45, 2.75) is 19.3 Å². The van der Waals surface area contributed by atoms with Gasteiger partial charge < -0.3 is 0 Å². The Labute approximate surface area is 322 Å². The van der Waals surface area contributed by atoms with Crippen LogP contribution in [-0.2, 0) is 5.41 Å². The van der Waals surface area contributed by atoms with Crippen molar-refractivity contribution in [1.82, 2.24) is 9.97 Å². The topological polar surface area (TPSA) is 25.8 Å². The second-order valence-electron chi connectivity index (χ2n) is 15.0. The van der Waals surface area contributed by atoms with Gasteiger partial charge in [0.05, 0.1) is 11.4 Å². The van der Waals surface area contributed by atoms with E-state index < -0.39 is 0 Å². The Hall–Kier alpha value is -6.90. The number of fused-ring (bicyclic) bond motifs is 4. The predicted octanol–water partition coefficient (Wildman–Crippen LogP) is 13.9. The Bertz CT molecular complexity index is 2860. The molecule has 2 nitrogen and oxygen atoms in total. The highest BCUT2D eigenvalue weighted by molar-refractivity contribution is 5.98. The molecule has 0 saturated carbocycles. The lowest BCUT2D eigenvalue weighted by atomic mass is 9.81. The fourth-order valence-corrected chi connectivity index (χ4v) is 8.42. The number of nitrogens with zero attached hydrogens (tertiary/aromatic N) is 2. The third-order valence-electron chi connectivity index (χ3n) is 11.3. The molecule has 0 atom stereocenters. The maximum absolute atomic E-state index is 5.29. The molecule has 260 valence electrons. The minimum absolute atomic E-state index is 0.141. The first-order valence-corrected chi connectivity index (χ1v) is 19.0. The van der Waals surface area contributed by atoms with E-state index in [1.54, 1.807) is 0 Å². The molecule has 0 fully saturated rings. The van der Waals surface area contributed by atoms with Gasteiger partial charge in [0.2, 0.25) is 0 Å². The summed E-state index contributed by atoms with van der Waals surface area (Å²) in [5, 5.41) is 2.52. The second kappa shape index (κ2) is 13.2.